The number of aromatic nitrogens is 2. The largest absolute Gasteiger partial charge is 0.366 e. The molecule has 2 aromatic carbocycles. The average molecular weight is 358 g/mol. The second kappa shape index (κ2) is 7.58. The summed E-state index contributed by atoms with van der Waals surface area (Å²) in [6, 6.07) is 20.0. The fraction of sp³-hybridized carbons (Fsp3) is 0.227. The number of nitrogens with zero attached hydrogens (tertiary/aromatic N) is 2. The molecule has 3 aromatic rings. The number of nitrogens with one attached hydrogen (secondary N) is 2. The van der Waals surface area contributed by atoms with Gasteiger partial charge in [0.25, 0.3) is 5.91 Å². The van der Waals surface area contributed by atoms with E-state index < -0.39 is 0 Å². The summed E-state index contributed by atoms with van der Waals surface area (Å²) in [7, 11) is 0. The molecule has 1 aromatic heterocycles. The van der Waals surface area contributed by atoms with E-state index in [2.05, 4.69) is 32.7 Å². The Kier molecular flexibility index (Phi) is 4.83. The molecule has 5 nitrogen and oxygen atoms in total. The van der Waals surface area contributed by atoms with Gasteiger partial charge >= 0.3 is 0 Å². The maximum absolute atomic E-state index is 12.1. The molecule has 27 heavy (non-hydrogen) atoms. The first-order valence-electron chi connectivity index (χ1n) is 9.22. The summed E-state index contributed by atoms with van der Waals surface area (Å²) in [6.45, 7) is 2.66. The highest BCUT2D eigenvalue weighted by molar-refractivity contribution is 5.95. The van der Waals surface area contributed by atoms with Crippen molar-refractivity contribution in [3.8, 4) is 11.4 Å². The first-order valence-corrected chi connectivity index (χ1v) is 9.22. The lowest BCUT2D eigenvalue weighted by Gasteiger charge is -2.09. The molecule has 0 spiro atoms. The average Bonchev–Trinajstić information content (AvgIpc) is 3.51. The van der Waals surface area contributed by atoms with Gasteiger partial charge in [-0.05, 0) is 37.5 Å². The summed E-state index contributed by atoms with van der Waals surface area (Å²) in [4.78, 5) is 21.3. The number of amides is 1. The van der Waals surface area contributed by atoms with Crippen molar-refractivity contribution in [1.29, 1.82) is 0 Å². The Balaban J connectivity index is 1.49. The van der Waals surface area contributed by atoms with Gasteiger partial charge in [0.05, 0.1) is 0 Å². The van der Waals surface area contributed by atoms with E-state index in [-0.39, 0.29) is 5.91 Å². The molecular weight excluding hydrogens is 336 g/mol. The molecule has 1 saturated carbocycles. The lowest BCUT2D eigenvalue weighted by molar-refractivity contribution is 0.0951. The molecule has 0 saturated heterocycles. The van der Waals surface area contributed by atoms with E-state index in [0.29, 0.717) is 24.0 Å². The highest BCUT2D eigenvalue weighted by Crippen LogP contribution is 2.21. The number of carbonyl (C=O) groups is 1. The Hall–Kier alpha value is -3.21. The molecule has 0 unspecified atom stereocenters. The van der Waals surface area contributed by atoms with E-state index in [9.17, 15) is 4.79 Å². The van der Waals surface area contributed by atoms with E-state index >= 15 is 0 Å². The molecule has 0 aliphatic heterocycles. The number of hydrogen-bond donors (Lipinski definition) is 2. The molecule has 1 amide bonds. The molecular formula is C22H22N4O. The van der Waals surface area contributed by atoms with Crippen LogP contribution in [-0.4, -0.2) is 21.9 Å². The van der Waals surface area contributed by atoms with E-state index in [0.717, 1.165) is 29.9 Å². The maximum Gasteiger partial charge on any atom is 0.251 e. The molecule has 4 rings (SSSR count). The first-order chi connectivity index (χ1) is 13.2. The van der Waals surface area contributed by atoms with Gasteiger partial charge in [-0.3, -0.25) is 4.79 Å². The molecule has 2 N–H and O–H groups in total. The van der Waals surface area contributed by atoms with Crippen LogP contribution in [-0.2, 0) is 6.54 Å². The van der Waals surface area contributed by atoms with Gasteiger partial charge in [0.15, 0.2) is 5.82 Å². The summed E-state index contributed by atoms with van der Waals surface area (Å²) in [5.74, 6) is 1.43. The highest BCUT2D eigenvalue weighted by Gasteiger charge is 2.23. The molecule has 5 heteroatoms. The third kappa shape index (κ3) is 4.50. The normalized spacial score (nSPS) is 13.2. The molecule has 0 atom stereocenters. The Labute approximate surface area is 158 Å². The van der Waals surface area contributed by atoms with E-state index in [1.165, 1.54) is 5.56 Å². The third-order valence-corrected chi connectivity index (χ3v) is 4.49. The van der Waals surface area contributed by atoms with Crippen molar-refractivity contribution in [3.05, 3.63) is 77.5 Å². The predicted molar refractivity (Wildman–Crippen MR) is 106 cm³/mol. The third-order valence-electron chi connectivity index (χ3n) is 4.49. The molecule has 1 fully saturated rings. The lowest BCUT2D eigenvalue weighted by atomic mass is 10.1. The van der Waals surface area contributed by atoms with Crippen LogP contribution in [0.15, 0.2) is 60.7 Å². The topological polar surface area (TPSA) is 66.9 Å². The Morgan fingerprint density at radius 3 is 2.48 bits per heavy atom. The summed E-state index contributed by atoms with van der Waals surface area (Å²) in [5.41, 5.74) is 3.65. The standard InChI is InChI=1S/C22H22N4O/c1-15-13-20(23-14-16-5-3-2-4-6-16)26-21(24-15)17-7-9-18(10-8-17)22(27)25-19-11-12-19/h2-10,13,19H,11-12,14H2,1H3,(H,25,27)(H,23,24,26). The summed E-state index contributed by atoms with van der Waals surface area (Å²) in [5, 5.41) is 6.35. The van der Waals surface area contributed by atoms with Crippen LogP contribution in [0.5, 0.6) is 0 Å². The van der Waals surface area contributed by atoms with Gasteiger partial charge < -0.3 is 10.6 Å². The van der Waals surface area contributed by atoms with Crippen LogP contribution in [0.2, 0.25) is 0 Å². The van der Waals surface area contributed by atoms with Crippen molar-refractivity contribution in [3.63, 3.8) is 0 Å². The van der Waals surface area contributed by atoms with Gasteiger partial charge in [-0.1, -0.05) is 42.5 Å². The minimum atomic E-state index is -0.0144. The summed E-state index contributed by atoms with van der Waals surface area (Å²) in [6.07, 6.45) is 2.17. The lowest BCUT2D eigenvalue weighted by Crippen LogP contribution is -2.25. The van der Waals surface area contributed by atoms with Gasteiger partial charge in [-0.15, -0.1) is 0 Å². The van der Waals surface area contributed by atoms with Gasteiger partial charge in [0.2, 0.25) is 0 Å². The zero-order valence-corrected chi connectivity index (χ0v) is 15.3. The van der Waals surface area contributed by atoms with Gasteiger partial charge in [-0.2, -0.15) is 0 Å². The Bertz CT molecular complexity index is 934. The monoisotopic (exact) mass is 358 g/mol. The number of aryl methyl sites for hydroxylation is 1. The number of benzene rings is 2. The molecule has 1 aliphatic rings. The van der Waals surface area contributed by atoms with Crippen molar-refractivity contribution in [1.82, 2.24) is 15.3 Å². The summed E-state index contributed by atoms with van der Waals surface area (Å²) < 4.78 is 0. The van der Waals surface area contributed by atoms with Crippen LogP contribution in [0.4, 0.5) is 5.82 Å². The SMILES string of the molecule is Cc1cc(NCc2ccccc2)nc(-c2ccc(C(=O)NC3CC3)cc2)n1. The molecule has 0 bridgehead atoms. The van der Waals surface area contributed by atoms with Gasteiger partial charge in [0, 0.05) is 35.5 Å². The van der Waals surface area contributed by atoms with E-state index in [1.807, 2.05) is 55.5 Å². The van der Waals surface area contributed by atoms with Crippen LogP contribution < -0.4 is 10.6 Å². The Morgan fingerprint density at radius 2 is 1.78 bits per heavy atom. The fourth-order valence-corrected chi connectivity index (χ4v) is 2.84. The van der Waals surface area contributed by atoms with Crippen LogP contribution in [0.1, 0.15) is 34.5 Å². The molecule has 1 heterocycles. The van der Waals surface area contributed by atoms with Crippen molar-refractivity contribution in [2.24, 2.45) is 0 Å². The van der Waals surface area contributed by atoms with Crippen LogP contribution in [0.25, 0.3) is 11.4 Å². The van der Waals surface area contributed by atoms with Crippen LogP contribution in [0, 0.1) is 6.92 Å². The predicted octanol–water partition coefficient (Wildman–Crippen LogP) is 3.96. The second-order valence-electron chi connectivity index (χ2n) is 6.88. The first kappa shape index (κ1) is 17.2. The van der Waals surface area contributed by atoms with Gasteiger partial charge in [-0.25, -0.2) is 9.97 Å². The van der Waals surface area contributed by atoms with Crippen LogP contribution in [0.3, 0.4) is 0 Å². The number of hydrogen-bond acceptors (Lipinski definition) is 4. The van der Waals surface area contributed by atoms with Crippen molar-refractivity contribution < 1.29 is 4.79 Å². The van der Waals surface area contributed by atoms with Crippen molar-refractivity contribution >= 4 is 11.7 Å². The van der Waals surface area contributed by atoms with E-state index in [1.54, 1.807) is 0 Å². The minimum Gasteiger partial charge on any atom is -0.366 e. The van der Waals surface area contributed by atoms with E-state index in [4.69, 9.17) is 0 Å². The minimum absolute atomic E-state index is 0.0144. The number of anilines is 1. The molecule has 0 radical (unpaired) electrons. The highest BCUT2D eigenvalue weighted by atomic mass is 16.1. The van der Waals surface area contributed by atoms with Crippen molar-refractivity contribution in [2.45, 2.75) is 32.4 Å². The fourth-order valence-electron chi connectivity index (χ4n) is 2.84. The maximum atomic E-state index is 12.1. The number of carbonyl (C=O) groups excluding carboxylic acids is 1. The zero-order valence-electron chi connectivity index (χ0n) is 15.3. The second-order valence-corrected chi connectivity index (χ2v) is 6.88. The smallest absolute Gasteiger partial charge is 0.251 e. The van der Waals surface area contributed by atoms with Crippen LogP contribution >= 0.6 is 0 Å². The zero-order chi connectivity index (χ0) is 18.6. The van der Waals surface area contributed by atoms with Gasteiger partial charge in [0.1, 0.15) is 5.82 Å². The molecule has 1 aliphatic carbocycles. The quantitative estimate of drug-likeness (QED) is 0.700. The Morgan fingerprint density at radius 1 is 1.04 bits per heavy atom. The van der Waals surface area contributed by atoms with Crippen molar-refractivity contribution in [2.75, 3.05) is 5.32 Å². The molecule has 136 valence electrons. The summed E-state index contributed by atoms with van der Waals surface area (Å²) >= 11 is 0. The number of rotatable bonds is 6.